The van der Waals surface area contributed by atoms with Gasteiger partial charge in [-0.05, 0) is 18.4 Å². The lowest BCUT2D eigenvalue weighted by Gasteiger charge is -1.96. The highest BCUT2D eigenvalue weighted by atomic mass is 17.0. The summed E-state index contributed by atoms with van der Waals surface area (Å²) in [6, 6.07) is 10.2. The molecule has 0 fully saturated rings. The second kappa shape index (κ2) is 8.20. The van der Waals surface area contributed by atoms with Crippen LogP contribution in [-0.2, 0) is 6.42 Å². The number of hydrogen-bond donors (Lipinski definition) is 3. The molecule has 0 saturated heterocycles. The van der Waals surface area contributed by atoms with Crippen LogP contribution in [0.4, 0.5) is 0 Å². The van der Waals surface area contributed by atoms with Gasteiger partial charge < -0.3 is 5.11 Å². The van der Waals surface area contributed by atoms with Crippen molar-refractivity contribution < 1.29 is 15.6 Å². The van der Waals surface area contributed by atoms with E-state index in [9.17, 15) is 0 Å². The Labute approximate surface area is 71.8 Å². The molecule has 0 amide bonds. The summed E-state index contributed by atoms with van der Waals surface area (Å²) in [6.45, 7) is 0.287. The predicted octanol–water partition coefficient (Wildman–Crippen LogP) is 1.63. The molecule has 1 aromatic rings. The minimum Gasteiger partial charge on any atom is -0.396 e. The first-order valence-corrected chi connectivity index (χ1v) is 3.78. The van der Waals surface area contributed by atoms with Gasteiger partial charge in [0.1, 0.15) is 0 Å². The first-order chi connectivity index (χ1) is 5.93. The van der Waals surface area contributed by atoms with Gasteiger partial charge in [0.15, 0.2) is 0 Å². The highest BCUT2D eigenvalue weighted by Gasteiger charge is 1.87. The van der Waals surface area contributed by atoms with Crippen molar-refractivity contribution >= 4 is 0 Å². The van der Waals surface area contributed by atoms with Gasteiger partial charge in [-0.1, -0.05) is 30.3 Å². The van der Waals surface area contributed by atoms with Crippen LogP contribution in [0.25, 0.3) is 0 Å². The van der Waals surface area contributed by atoms with E-state index in [1.807, 2.05) is 18.2 Å². The van der Waals surface area contributed by atoms with Gasteiger partial charge in [-0.25, -0.2) is 0 Å². The molecule has 3 heteroatoms. The molecule has 0 aromatic heterocycles. The van der Waals surface area contributed by atoms with Crippen LogP contribution in [-0.4, -0.2) is 22.2 Å². The standard InChI is InChI=1S/C9H12O.H2O2/c10-8-4-7-9-5-2-1-3-6-9;1-2/h1-3,5-6,10H,4,7-8H2;1-2H. The lowest BCUT2D eigenvalue weighted by Crippen LogP contribution is -1.87. The number of rotatable bonds is 3. The first kappa shape index (κ1) is 11.1. The Balaban J connectivity index is 0.000000561. The van der Waals surface area contributed by atoms with E-state index in [4.69, 9.17) is 15.6 Å². The minimum absolute atomic E-state index is 0.287. The van der Waals surface area contributed by atoms with Crippen LogP contribution in [0.5, 0.6) is 0 Å². The van der Waals surface area contributed by atoms with Gasteiger partial charge >= 0.3 is 0 Å². The van der Waals surface area contributed by atoms with Crippen LogP contribution in [0.15, 0.2) is 30.3 Å². The average molecular weight is 170 g/mol. The van der Waals surface area contributed by atoms with Gasteiger partial charge in [0.05, 0.1) is 0 Å². The van der Waals surface area contributed by atoms with Crippen molar-refractivity contribution in [2.24, 2.45) is 0 Å². The summed E-state index contributed by atoms with van der Waals surface area (Å²) < 4.78 is 0. The number of benzene rings is 1. The zero-order valence-electron chi connectivity index (χ0n) is 6.85. The molecule has 0 heterocycles. The molecule has 0 atom stereocenters. The Morgan fingerprint density at radius 2 is 1.58 bits per heavy atom. The van der Waals surface area contributed by atoms with Gasteiger partial charge in [-0.3, -0.25) is 10.5 Å². The second-order valence-corrected chi connectivity index (χ2v) is 2.31. The number of hydrogen-bond acceptors (Lipinski definition) is 3. The number of aliphatic hydroxyl groups excluding tert-OH is 1. The smallest absolute Gasteiger partial charge is 0.0434 e. The third-order valence-electron chi connectivity index (χ3n) is 1.47. The van der Waals surface area contributed by atoms with E-state index in [1.54, 1.807) is 0 Å². The Bertz CT molecular complexity index is 174. The van der Waals surface area contributed by atoms with Crippen molar-refractivity contribution in [3.63, 3.8) is 0 Å². The fourth-order valence-corrected chi connectivity index (χ4v) is 0.928. The Morgan fingerprint density at radius 3 is 2.08 bits per heavy atom. The lowest BCUT2D eigenvalue weighted by atomic mass is 10.1. The van der Waals surface area contributed by atoms with E-state index in [0.717, 1.165) is 12.8 Å². The van der Waals surface area contributed by atoms with Gasteiger partial charge in [0.25, 0.3) is 0 Å². The lowest BCUT2D eigenvalue weighted by molar-refractivity contribution is -0.176. The fourth-order valence-electron chi connectivity index (χ4n) is 0.928. The molecule has 0 aliphatic rings. The summed E-state index contributed by atoms with van der Waals surface area (Å²) in [4.78, 5) is 0. The summed E-state index contributed by atoms with van der Waals surface area (Å²) in [5, 5.41) is 20.5. The molecule has 0 bridgehead atoms. The minimum atomic E-state index is 0.287. The molecule has 0 spiro atoms. The molecular weight excluding hydrogens is 156 g/mol. The van der Waals surface area contributed by atoms with Gasteiger partial charge in [-0.15, -0.1) is 0 Å². The molecule has 0 saturated carbocycles. The maximum absolute atomic E-state index is 8.53. The van der Waals surface area contributed by atoms with Gasteiger partial charge in [0, 0.05) is 6.61 Å². The van der Waals surface area contributed by atoms with E-state index >= 15 is 0 Å². The SMILES string of the molecule is OCCCc1ccccc1.OO. The zero-order chi connectivity index (χ0) is 9.23. The van der Waals surface area contributed by atoms with Crippen LogP contribution in [0, 0.1) is 0 Å². The topological polar surface area (TPSA) is 60.7 Å². The summed E-state index contributed by atoms with van der Waals surface area (Å²) >= 11 is 0. The van der Waals surface area contributed by atoms with Crippen LogP contribution < -0.4 is 0 Å². The molecule has 0 aliphatic heterocycles. The number of aliphatic hydroxyl groups is 1. The van der Waals surface area contributed by atoms with E-state index in [2.05, 4.69) is 12.1 Å². The van der Waals surface area contributed by atoms with Crippen LogP contribution in [0.1, 0.15) is 12.0 Å². The largest absolute Gasteiger partial charge is 0.396 e. The Hall–Kier alpha value is -0.900. The van der Waals surface area contributed by atoms with Crippen LogP contribution in [0.2, 0.25) is 0 Å². The maximum atomic E-state index is 8.53. The Kier molecular flexibility index (Phi) is 7.58. The maximum Gasteiger partial charge on any atom is 0.0434 e. The number of aryl methyl sites for hydroxylation is 1. The van der Waals surface area contributed by atoms with Crippen molar-refractivity contribution in [2.45, 2.75) is 12.8 Å². The van der Waals surface area contributed by atoms with Crippen molar-refractivity contribution in [1.29, 1.82) is 0 Å². The molecule has 3 N–H and O–H groups in total. The normalized spacial score (nSPS) is 8.58. The molecule has 1 aromatic carbocycles. The highest BCUT2D eigenvalue weighted by molar-refractivity contribution is 5.14. The third kappa shape index (κ3) is 4.85. The summed E-state index contributed by atoms with van der Waals surface area (Å²) in [5.74, 6) is 0. The molecule has 0 radical (unpaired) electrons. The van der Waals surface area contributed by atoms with E-state index in [-0.39, 0.29) is 6.61 Å². The summed E-state index contributed by atoms with van der Waals surface area (Å²) in [5.41, 5.74) is 1.30. The molecule has 0 aliphatic carbocycles. The monoisotopic (exact) mass is 170 g/mol. The van der Waals surface area contributed by atoms with E-state index in [1.165, 1.54) is 5.56 Å². The molecule has 12 heavy (non-hydrogen) atoms. The second-order valence-electron chi connectivity index (χ2n) is 2.31. The van der Waals surface area contributed by atoms with Crippen molar-refractivity contribution in [3.8, 4) is 0 Å². The molecule has 0 unspecified atom stereocenters. The predicted molar refractivity (Wildman–Crippen MR) is 47.1 cm³/mol. The summed E-state index contributed by atoms with van der Waals surface area (Å²) in [7, 11) is 0. The molecule has 1 rings (SSSR count). The highest BCUT2D eigenvalue weighted by Crippen LogP contribution is 2.00. The zero-order valence-corrected chi connectivity index (χ0v) is 6.85. The third-order valence-corrected chi connectivity index (χ3v) is 1.47. The van der Waals surface area contributed by atoms with Crippen LogP contribution in [0.3, 0.4) is 0 Å². The van der Waals surface area contributed by atoms with Crippen molar-refractivity contribution in [3.05, 3.63) is 35.9 Å². The first-order valence-electron chi connectivity index (χ1n) is 3.78. The van der Waals surface area contributed by atoms with Crippen LogP contribution >= 0.6 is 0 Å². The van der Waals surface area contributed by atoms with Crippen molar-refractivity contribution in [1.82, 2.24) is 0 Å². The van der Waals surface area contributed by atoms with E-state index in [0.29, 0.717) is 0 Å². The summed E-state index contributed by atoms with van der Waals surface area (Å²) in [6.07, 6.45) is 1.85. The molecule has 3 nitrogen and oxygen atoms in total. The Morgan fingerprint density at radius 1 is 1.00 bits per heavy atom. The quantitative estimate of drug-likeness (QED) is 0.477. The average Bonchev–Trinajstić information content (AvgIpc) is 2.19. The molecule has 68 valence electrons. The fraction of sp³-hybridized carbons (Fsp3) is 0.333. The van der Waals surface area contributed by atoms with E-state index < -0.39 is 0 Å². The van der Waals surface area contributed by atoms with Gasteiger partial charge in [-0.2, -0.15) is 0 Å². The molecular formula is C9H14O3. The van der Waals surface area contributed by atoms with Gasteiger partial charge in [0.2, 0.25) is 0 Å². The van der Waals surface area contributed by atoms with Crippen molar-refractivity contribution in [2.75, 3.05) is 6.61 Å².